The molecule has 2 aromatic rings. The number of nitrogens with zero attached hydrogens (tertiary/aromatic N) is 2. The highest BCUT2D eigenvalue weighted by atomic mass is 32.2. The van der Waals surface area contributed by atoms with Crippen LogP contribution in [0.2, 0.25) is 0 Å². The number of anilines is 2. The zero-order valence-corrected chi connectivity index (χ0v) is 18.1. The molecule has 0 aliphatic carbocycles. The molecule has 0 atom stereocenters. The van der Waals surface area contributed by atoms with E-state index < -0.39 is 11.9 Å². The van der Waals surface area contributed by atoms with Crippen LogP contribution in [0.15, 0.2) is 64.4 Å². The van der Waals surface area contributed by atoms with Crippen molar-refractivity contribution in [2.45, 2.75) is 16.2 Å². The van der Waals surface area contributed by atoms with Gasteiger partial charge in [-0.3, -0.25) is 0 Å². The second kappa shape index (κ2) is 11.3. The second-order valence-corrected chi connectivity index (χ2v) is 7.81. The molecule has 1 aliphatic heterocycles. The van der Waals surface area contributed by atoms with Crippen LogP contribution in [0, 0.1) is 0 Å². The normalized spacial score (nSPS) is 12.1. The van der Waals surface area contributed by atoms with Gasteiger partial charge in [0.25, 0.3) is 0 Å². The van der Waals surface area contributed by atoms with Crippen LogP contribution in [0.4, 0.5) is 11.4 Å². The number of para-hydroxylation sites is 1. The zero-order valence-electron chi connectivity index (χ0n) is 17.2. The van der Waals surface area contributed by atoms with Crippen LogP contribution < -0.4 is 9.64 Å². The summed E-state index contributed by atoms with van der Waals surface area (Å²) in [6.07, 6.45) is 2.24. The SMILES string of the molecule is COc1ccc2c(c1)N(CCCN(C)C)c1ccccc1S2.O=C(O)/C=C/C(=O)O. The molecular formula is C22H26N2O5S. The number of fused-ring (bicyclic) bond motifs is 2. The van der Waals surface area contributed by atoms with E-state index in [1.54, 1.807) is 7.11 Å². The standard InChI is InChI=1S/C18H22N2OS.C4H4O4/c1-19(2)11-6-12-20-15-7-4-5-8-17(15)22-18-10-9-14(21-3)13-16(18)20;5-3(6)1-2-4(7)8/h4-5,7-10,13H,6,11-12H2,1-3H3;1-2H,(H,5,6)(H,7,8)/b;2-1+. The highest BCUT2D eigenvalue weighted by molar-refractivity contribution is 7.99. The molecule has 0 unspecified atom stereocenters. The summed E-state index contributed by atoms with van der Waals surface area (Å²) in [5.41, 5.74) is 2.55. The summed E-state index contributed by atoms with van der Waals surface area (Å²) in [4.78, 5) is 26.4. The van der Waals surface area contributed by atoms with Crippen LogP contribution in [-0.2, 0) is 9.59 Å². The molecular weight excluding hydrogens is 404 g/mol. The highest BCUT2D eigenvalue weighted by Gasteiger charge is 2.23. The number of carboxylic acids is 2. The number of carbonyl (C=O) groups is 2. The fourth-order valence-electron chi connectivity index (χ4n) is 2.86. The van der Waals surface area contributed by atoms with Crippen molar-refractivity contribution in [3.63, 3.8) is 0 Å². The van der Waals surface area contributed by atoms with Crippen LogP contribution in [0.3, 0.4) is 0 Å². The first-order valence-electron chi connectivity index (χ1n) is 9.33. The lowest BCUT2D eigenvalue weighted by Crippen LogP contribution is -2.25. The first-order valence-corrected chi connectivity index (χ1v) is 10.1. The van der Waals surface area contributed by atoms with Gasteiger partial charge in [-0.15, -0.1) is 0 Å². The quantitative estimate of drug-likeness (QED) is 0.638. The number of rotatable bonds is 7. The molecule has 0 spiro atoms. The first kappa shape index (κ1) is 23.3. The van der Waals surface area contributed by atoms with Crippen molar-refractivity contribution in [3.8, 4) is 5.75 Å². The number of aliphatic carboxylic acids is 2. The maximum atomic E-state index is 9.55. The van der Waals surface area contributed by atoms with Gasteiger partial charge in [-0.25, -0.2) is 9.59 Å². The molecule has 8 heteroatoms. The average Bonchev–Trinajstić information content (AvgIpc) is 2.71. The van der Waals surface area contributed by atoms with Crippen molar-refractivity contribution in [3.05, 3.63) is 54.6 Å². The van der Waals surface area contributed by atoms with Gasteiger partial charge in [0.2, 0.25) is 0 Å². The van der Waals surface area contributed by atoms with Gasteiger partial charge in [-0.1, -0.05) is 23.9 Å². The molecule has 1 aliphatic rings. The topological polar surface area (TPSA) is 90.3 Å². The lowest BCUT2D eigenvalue weighted by molar-refractivity contribution is -0.134. The smallest absolute Gasteiger partial charge is 0.328 e. The number of carboxylic acid groups (broad SMARTS) is 2. The molecule has 1 heterocycles. The lowest BCUT2D eigenvalue weighted by Gasteiger charge is -2.33. The van der Waals surface area contributed by atoms with Crippen LogP contribution >= 0.6 is 11.8 Å². The maximum absolute atomic E-state index is 9.55. The van der Waals surface area contributed by atoms with E-state index >= 15 is 0 Å². The van der Waals surface area contributed by atoms with Crippen molar-refractivity contribution in [2.75, 3.05) is 39.2 Å². The van der Waals surface area contributed by atoms with Gasteiger partial charge in [0.1, 0.15) is 5.75 Å². The molecule has 30 heavy (non-hydrogen) atoms. The summed E-state index contributed by atoms with van der Waals surface area (Å²) in [7, 11) is 5.97. The number of hydrogen-bond acceptors (Lipinski definition) is 6. The molecule has 0 aromatic heterocycles. The van der Waals surface area contributed by atoms with Crippen LogP contribution in [-0.4, -0.2) is 61.3 Å². The molecule has 2 N–H and O–H groups in total. The molecule has 0 radical (unpaired) electrons. The van der Waals surface area contributed by atoms with Gasteiger partial charge in [0.15, 0.2) is 0 Å². The van der Waals surface area contributed by atoms with E-state index in [2.05, 4.69) is 60.3 Å². The molecule has 160 valence electrons. The van der Waals surface area contributed by atoms with Crippen molar-refractivity contribution in [1.82, 2.24) is 4.90 Å². The third kappa shape index (κ3) is 6.82. The molecule has 3 rings (SSSR count). The second-order valence-electron chi connectivity index (χ2n) is 6.72. The Kier molecular flexibility index (Phi) is 8.76. The van der Waals surface area contributed by atoms with Crippen molar-refractivity contribution < 1.29 is 24.5 Å². The molecule has 7 nitrogen and oxygen atoms in total. The Balaban J connectivity index is 0.000000343. The summed E-state index contributed by atoms with van der Waals surface area (Å²) >= 11 is 1.84. The lowest BCUT2D eigenvalue weighted by atomic mass is 10.2. The Hall–Kier alpha value is -2.97. The van der Waals surface area contributed by atoms with Crippen molar-refractivity contribution >= 4 is 35.1 Å². The monoisotopic (exact) mass is 430 g/mol. The minimum absolute atomic E-state index is 0.558. The van der Waals surface area contributed by atoms with E-state index in [4.69, 9.17) is 14.9 Å². The Morgan fingerprint density at radius 1 is 1.03 bits per heavy atom. The predicted octanol–water partition coefficient (Wildman–Crippen LogP) is 3.96. The predicted molar refractivity (Wildman–Crippen MR) is 118 cm³/mol. The minimum atomic E-state index is -1.26. The first-order chi connectivity index (χ1) is 14.3. The van der Waals surface area contributed by atoms with Crippen LogP contribution in [0.1, 0.15) is 6.42 Å². The van der Waals surface area contributed by atoms with E-state index in [1.807, 2.05) is 17.8 Å². The minimum Gasteiger partial charge on any atom is -0.497 e. The molecule has 0 bridgehead atoms. The van der Waals surface area contributed by atoms with E-state index in [-0.39, 0.29) is 0 Å². The number of methoxy groups -OCH3 is 1. The zero-order chi connectivity index (χ0) is 22.1. The fourth-order valence-corrected chi connectivity index (χ4v) is 3.94. The van der Waals surface area contributed by atoms with Crippen molar-refractivity contribution in [1.29, 1.82) is 0 Å². The molecule has 0 amide bonds. The van der Waals surface area contributed by atoms with Gasteiger partial charge >= 0.3 is 11.9 Å². The number of ether oxygens (including phenoxy) is 1. The van der Waals surface area contributed by atoms with Gasteiger partial charge in [-0.2, -0.15) is 0 Å². The number of benzene rings is 2. The molecule has 0 saturated heterocycles. The Morgan fingerprint density at radius 2 is 1.67 bits per heavy atom. The Labute approximate surface area is 180 Å². The van der Waals surface area contributed by atoms with E-state index in [0.29, 0.717) is 12.2 Å². The van der Waals surface area contributed by atoms with Crippen LogP contribution in [0.5, 0.6) is 5.75 Å². The van der Waals surface area contributed by atoms with E-state index in [0.717, 1.165) is 25.3 Å². The van der Waals surface area contributed by atoms with E-state index in [9.17, 15) is 9.59 Å². The van der Waals surface area contributed by atoms with Gasteiger partial charge in [0, 0.05) is 34.6 Å². The average molecular weight is 431 g/mol. The third-order valence-electron chi connectivity index (χ3n) is 4.19. The fraction of sp³-hybridized carbons (Fsp3) is 0.273. The summed E-state index contributed by atoms with van der Waals surface area (Å²) in [6, 6.07) is 15.0. The Morgan fingerprint density at radius 3 is 2.27 bits per heavy atom. The largest absolute Gasteiger partial charge is 0.497 e. The van der Waals surface area contributed by atoms with Crippen LogP contribution in [0.25, 0.3) is 0 Å². The Bertz CT molecular complexity index is 898. The highest BCUT2D eigenvalue weighted by Crippen LogP contribution is 2.48. The molecule has 2 aromatic carbocycles. The summed E-state index contributed by atoms with van der Waals surface area (Å²) < 4.78 is 5.42. The van der Waals surface area contributed by atoms with E-state index in [1.165, 1.54) is 21.2 Å². The van der Waals surface area contributed by atoms with Gasteiger partial charge in [0.05, 0.1) is 18.5 Å². The van der Waals surface area contributed by atoms with Gasteiger partial charge in [-0.05, 0) is 51.3 Å². The van der Waals surface area contributed by atoms with Crippen molar-refractivity contribution in [2.24, 2.45) is 0 Å². The maximum Gasteiger partial charge on any atom is 0.328 e. The molecule has 0 fully saturated rings. The summed E-state index contributed by atoms with van der Waals surface area (Å²) in [6.45, 7) is 2.10. The third-order valence-corrected chi connectivity index (χ3v) is 5.32. The molecule has 0 saturated carbocycles. The summed E-state index contributed by atoms with van der Waals surface area (Å²) in [5.74, 6) is -1.60. The number of hydrogen-bond donors (Lipinski definition) is 2. The van der Waals surface area contributed by atoms with Gasteiger partial charge < -0.3 is 24.7 Å². The summed E-state index contributed by atoms with van der Waals surface area (Å²) in [5, 5.41) is 15.6.